The predicted molar refractivity (Wildman–Crippen MR) is 61.8 cm³/mol. The van der Waals surface area contributed by atoms with Gasteiger partial charge in [0.15, 0.2) is 0 Å². The maximum absolute atomic E-state index is 10.6. The molecule has 0 aliphatic carbocycles. The standard InChI is InChI=1S/C11H24N2O2/c1-5-15-8-11(9(2)3)13-7-6-12-10(4)14/h9,11,13H,5-8H2,1-4H3,(H,12,14). The number of hydrogen-bond donors (Lipinski definition) is 2. The fourth-order valence-corrected chi connectivity index (χ4v) is 1.23. The second-order valence-electron chi connectivity index (χ2n) is 3.95. The van der Waals surface area contributed by atoms with Gasteiger partial charge in [-0.2, -0.15) is 0 Å². The minimum Gasteiger partial charge on any atom is -0.380 e. The summed E-state index contributed by atoms with van der Waals surface area (Å²) in [7, 11) is 0. The minimum absolute atomic E-state index is 0.0164. The molecule has 0 spiro atoms. The van der Waals surface area contributed by atoms with E-state index < -0.39 is 0 Å². The van der Waals surface area contributed by atoms with E-state index in [-0.39, 0.29) is 5.91 Å². The van der Waals surface area contributed by atoms with Gasteiger partial charge in [0, 0.05) is 32.7 Å². The topological polar surface area (TPSA) is 50.4 Å². The summed E-state index contributed by atoms with van der Waals surface area (Å²) in [6, 6.07) is 0.360. The van der Waals surface area contributed by atoms with E-state index in [1.807, 2.05) is 6.92 Å². The smallest absolute Gasteiger partial charge is 0.216 e. The van der Waals surface area contributed by atoms with Crippen molar-refractivity contribution >= 4 is 5.91 Å². The SMILES string of the molecule is CCOCC(NCCNC(C)=O)C(C)C. The molecule has 0 aliphatic heterocycles. The molecule has 1 atom stereocenters. The Balaban J connectivity index is 3.61. The van der Waals surface area contributed by atoms with Crippen LogP contribution in [-0.2, 0) is 9.53 Å². The van der Waals surface area contributed by atoms with Crippen LogP contribution >= 0.6 is 0 Å². The van der Waals surface area contributed by atoms with Crippen LogP contribution in [0.15, 0.2) is 0 Å². The van der Waals surface area contributed by atoms with Crippen LogP contribution in [0, 0.1) is 5.92 Å². The molecular formula is C11H24N2O2. The summed E-state index contributed by atoms with van der Waals surface area (Å²) < 4.78 is 5.39. The lowest BCUT2D eigenvalue weighted by molar-refractivity contribution is -0.118. The number of carbonyl (C=O) groups is 1. The van der Waals surface area contributed by atoms with Gasteiger partial charge in [0.25, 0.3) is 0 Å². The van der Waals surface area contributed by atoms with Crippen molar-refractivity contribution in [1.82, 2.24) is 10.6 Å². The molecule has 0 aliphatic rings. The number of nitrogens with one attached hydrogen (secondary N) is 2. The first-order chi connectivity index (χ1) is 7.07. The summed E-state index contributed by atoms with van der Waals surface area (Å²) >= 11 is 0. The van der Waals surface area contributed by atoms with Crippen molar-refractivity contribution in [3.63, 3.8) is 0 Å². The average Bonchev–Trinajstić information content (AvgIpc) is 2.15. The van der Waals surface area contributed by atoms with E-state index in [1.54, 1.807) is 0 Å². The lowest BCUT2D eigenvalue weighted by atomic mass is 10.1. The second-order valence-corrected chi connectivity index (χ2v) is 3.95. The van der Waals surface area contributed by atoms with E-state index in [0.29, 0.717) is 18.5 Å². The first kappa shape index (κ1) is 14.4. The lowest BCUT2D eigenvalue weighted by Gasteiger charge is -2.22. The van der Waals surface area contributed by atoms with Crippen molar-refractivity contribution in [2.75, 3.05) is 26.3 Å². The third-order valence-corrected chi connectivity index (χ3v) is 2.21. The number of ether oxygens (including phenoxy) is 1. The zero-order valence-corrected chi connectivity index (χ0v) is 10.3. The maximum Gasteiger partial charge on any atom is 0.216 e. The summed E-state index contributed by atoms with van der Waals surface area (Å²) in [5.41, 5.74) is 0. The maximum atomic E-state index is 10.6. The van der Waals surface area contributed by atoms with E-state index >= 15 is 0 Å². The van der Waals surface area contributed by atoms with E-state index in [1.165, 1.54) is 6.92 Å². The molecule has 2 N–H and O–H groups in total. The van der Waals surface area contributed by atoms with Crippen molar-refractivity contribution < 1.29 is 9.53 Å². The van der Waals surface area contributed by atoms with Crippen molar-refractivity contribution in [3.8, 4) is 0 Å². The predicted octanol–water partition coefficient (Wildman–Crippen LogP) is 0.773. The van der Waals surface area contributed by atoms with Crippen LogP contribution in [0.3, 0.4) is 0 Å². The Kier molecular flexibility index (Phi) is 8.33. The largest absolute Gasteiger partial charge is 0.380 e. The molecule has 0 bridgehead atoms. The molecule has 0 aromatic rings. The Morgan fingerprint density at radius 3 is 2.47 bits per heavy atom. The third kappa shape index (κ3) is 8.39. The summed E-state index contributed by atoms with van der Waals surface area (Å²) in [4.78, 5) is 10.6. The molecule has 0 aromatic carbocycles. The summed E-state index contributed by atoms with van der Waals surface area (Å²) in [5.74, 6) is 0.552. The van der Waals surface area contributed by atoms with E-state index in [2.05, 4.69) is 24.5 Å². The van der Waals surface area contributed by atoms with Crippen LogP contribution in [0.5, 0.6) is 0 Å². The van der Waals surface area contributed by atoms with Gasteiger partial charge < -0.3 is 15.4 Å². The molecular weight excluding hydrogens is 192 g/mol. The van der Waals surface area contributed by atoms with Gasteiger partial charge in [-0.05, 0) is 12.8 Å². The van der Waals surface area contributed by atoms with Gasteiger partial charge in [0.2, 0.25) is 5.91 Å². The van der Waals surface area contributed by atoms with Crippen LogP contribution in [0.1, 0.15) is 27.7 Å². The third-order valence-electron chi connectivity index (χ3n) is 2.21. The van der Waals surface area contributed by atoms with Gasteiger partial charge >= 0.3 is 0 Å². The Morgan fingerprint density at radius 1 is 1.33 bits per heavy atom. The van der Waals surface area contributed by atoms with Gasteiger partial charge in [0.1, 0.15) is 0 Å². The fourth-order valence-electron chi connectivity index (χ4n) is 1.23. The molecule has 0 rings (SSSR count). The highest BCUT2D eigenvalue weighted by Gasteiger charge is 2.11. The number of rotatable bonds is 8. The lowest BCUT2D eigenvalue weighted by Crippen LogP contribution is -2.42. The van der Waals surface area contributed by atoms with Gasteiger partial charge in [-0.3, -0.25) is 4.79 Å². The first-order valence-electron chi connectivity index (χ1n) is 5.63. The van der Waals surface area contributed by atoms with E-state index in [0.717, 1.165) is 19.8 Å². The first-order valence-corrected chi connectivity index (χ1v) is 5.63. The van der Waals surface area contributed by atoms with Crippen LogP contribution < -0.4 is 10.6 Å². The molecule has 0 heterocycles. The molecule has 15 heavy (non-hydrogen) atoms. The van der Waals surface area contributed by atoms with Crippen molar-refractivity contribution in [1.29, 1.82) is 0 Å². The number of amides is 1. The van der Waals surface area contributed by atoms with Crippen molar-refractivity contribution in [2.24, 2.45) is 5.92 Å². The highest BCUT2D eigenvalue weighted by molar-refractivity contribution is 5.72. The van der Waals surface area contributed by atoms with Gasteiger partial charge in [-0.1, -0.05) is 13.8 Å². The highest BCUT2D eigenvalue weighted by atomic mass is 16.5. The van der Waals surface area contributed by atoms with E-state index in [4.69, 9.17) is 4.74 Å². The fraction of sp³-hybridized carbons (Fsp3) is 0.909. The molecule has 0 aromatic heterocycles. The monoisotopic (exact) mass is 216 g/mol. The van der Waals surface area contributed by atoms with Crippen LogP contribution in [0.25, 0.3) is 0 Å². The van der Waals surface area contributed by atoms with Crippen molar-refractivity contribution in [3.05, 3.63) is 0 Å². The Hall–Kier alpha value is -0.610. The van der Waals surface area contributed by atoms with Crippen LogP contribution in [0.4, 0.5) is 0 Å². The molecule has 0 radical (unpaired) electrons. The molecule has 4 heteroatoms. The van der Waals surface area contributed by atoms with E-state index in [9.17, 15) is 4.79 Å². The van der Waals surface area contributed by atoms with Gasteiger partial charge in [-0.15, -0.1) is 0 Å². The molecule has 90 valence electrons. The number of hydrogen-bond acceptors (Lipinski definition) is 3. The average molecular weight is 216 g/mol. The molecule has 0 saturated heterocycles. The summed E-state index contributed by atoms with van der Waals surface area (Å²) in [6.45, 7) is 10.8. The molecule has 0 saturated carbocycles. The quantitative estimate of drug-likeness (QED) is 0.589. The second kappa shape index (κ2) is 8.68. The number of carbonyl (C=O) groups excluding carboxylic acids is 1. The molecule has 1 unspecified atom stereocenters. The highest BCUT2D eigenvalue weighted by Crippen LogP contribution is 2.01. The van der Waals surface area contributed by atoms with Gasteiger partial charge in [-0.25, -0.2) is 0 Å². The van der Waals surface area contributed by atoms with Crippen LogP contribution in [-0.4, -0.2) is 38.3 Å². The normalized spacial score (nSPS) is 12.9. The molecule has 1 amide bonds. The molecule has 0 fully saturated rings. The Bertz CT molecular complexity index is 172. The summed E-state index contributed by atoms with van der Waals surface area (Å²) in [6.07, 6.45) is 0. The zero-order chi connectivity index (χ0) is 11.7. The van der Waals surface area contributed by atoms with Crippen LogP contribution in [0.2, 0.25) is 0 Å². The Morgan fingerprint density at radius 2 is 2.00 bits per heavy atom. The van der Waals surface area contributed by atoms with Crippen molar-refractivity contribution in [2.45, 2.75) is 33.7 Å². The molecule has 4 nitrogen and oxygen atoms in total. The zero-order valence-electron chi connectivity index (χ0n) is 10.3. The minimum atomic E-state index is 0.0164. The summed E-state index contributed by atoms with van der Waals surface area (Å²) in [5, 5.41) is 6.12. The van der Waals surface area contributed by atoms with Gasteiger partial charge in [0.05, 0.1) is 6.61 Å². The Labute approximate surface area is 92.8 Å².